The molecule has 0 radical (unpaired) electrons. The topological polar surface area (TPSA) is 102 Å². The standard InChI is InChI=1S/C31H22BrN3O6S/c1-40-27-18-21(17-26(32)28(27)41-19-20-9-8-14-24(15-20)35(38)39)16-25-29(36)33(22-10-4-2-5-11-22)31(42)34(30(25)37)23-12-6-3-7-13-23/h2-18H,19H2,1H3. The Bertz CT molecular complexity index is 1670. The monoisotopic (exact) mass is 643 g/mol. The van der Waals surface area contributed by atoms with Crippen LogP contribution >= 0.6 is 28.1 Å². The molecular weight excluding hydrogens is 622 g/mol. The minimum absolute atomic E-state index is 0.0421. The van der Waals surface area contributed by atoms with Gasteiger partial charge in [0.15, 0.2) is 16.6 Å². The highest BCUT2D eigenvalue weighted by molar-refractivity contribution is 9.10. The molecule has 0 spiro atoms. The van der Waals surface area contributed by atoms with Gasteiger partial charge in [-0.1, -0.05) is 48.5 Å². The summed E-state index contributed by atoms with van der Waals surface area (Å²) in [7, 11) is 1.46. The van der Waals surface area contributed by atoms with Crippen molar-refractivity contribution in [2.45, 2.75) is 6.61 Å². The summed E-state index contributed by atoms with van der Waals surface area (Å²) >= 11 is 9.15. The van der Waals surface area contributed by atoms with Gasteiger partial charge in [-0.15, -0.1) is 0 Å². The first-order valence-electron chi connectivity index (χ1n) is 12.6. The van der Waals surface area contributed by atoms with Crippen molar-refractivity contribution in [1.29, 1.82) is 0 Å². The number of hydrogen-bond donors (Lipinski definition) is 0. The molecule has 0 aliphatic carbocycles. The number of non-ortho nitro benzene ring substituents is 1. The summed E-state index contributed by atoms with van der Waals surface area (Å²) in [6.07, 6.45) is 1.48. The van der Waals surface area contributed by atoms with E-state index >= 15 is 0 Å². The van der Waals surface area contributed by atoms with Crippen LogP contribution in [0, 0.1) is 10.1 Å². The Morgan fingerprint density at radius 2 is 1.48 bits per heavy atom. The summed E-state index contributed by atoms with van der Waals surface area (Å²) < 4.78 is 12.0. The van der Waals surface area contributed by atoms with E-state index in [4.69, 9.17) is 21.7 Å². The van der Waals surface area contributed by atoms with Crippen LogP contribution in [-0.2, 0) is 16.2 Å². The number of anilines is 2. The molecule has 9 nitrogen and oxygen atoms in total. The number of methoxy groups -OCH3 is 1. The summed E-state index contributed by atoms with van der Waals surface area (Å²) in [5, 5.41) is 11.2. The maximum Gasteiger partial charge on any atom is 0.270 e. The van der Waals surface area contributed by atoms with Crippen LogP contribution in [0.15, 0.2) is 107 Å². The lowest BCUT2D eigenvalue weighted by atomic mass is 10.0. The van der Waals surface area contributed by atoms with Gasteiger partial charge in [0, 0.05) is 12.1 Å². The quantitative estimate of drug-likeness (QED) is 0.0692. The van der Waals surface area contributed by atoms with Gasteiger partial charge in [-0.3, -0.25) is 29.5 Å². The molecule has 11 heteroatoms. The highest BCUT2D eigenvalue weighted by atomic mass is 79.9. The predicted molar refractivity (Wildman–Crippen MR) is 167 cm³/mol. The fourth-order valence-electron chi connectivity index (χ4n) is 4.38. The van der Waals surface area contributed by atoms with Crippen LogP contribution in [-0.4, -0.2) is 29.0 Å². The van der Waals surface area contributed by atoms with E-state index in [9.17, 15) is 19.7 Å². The van der Waals surface area contributed by atoms with Crippen molar-refractivity contribution in [2.24, 2.45) is 0 Å². The molecule has 1 fully saturated rings. The Morgan fingerprint density at radius 1 is 0.881 bits per heavy atom. The minimum Gasteiger partial charge on any atom is -0.493 e. The number of amides is 2. The van der Waals surface area contributed by atoms with E-state index in [2.05, 4.69) is 15.9 Å². The Balaban J connectivity index is 1.52. The van der Waals surface area contributed by atoms with E-state index < -0.39 is 16.7 Å². The number of halogens is 1. The molecule has 1 aliphatic heterocycles. The maximum atomic E-state index is 13.8. The number of nitro groups is 1. The van der Waals surface area contributed by atoms with Crippen LogP contribution in [0.2, 0.25) is 0 Å². The molecule has 0 unspecified atom stereocenters. The van der Waals surface area contributed by atoms with Crippen LogP contribution in [0.4, 0.5) is 17.1 Å². The SMILES string of the molecule is COc1cc(C=C2C(=O)N(c3ccccc3)C(=S)N(c3ccccc3)C2=O)cc(Br)c1OCc1cccc([N+](=O)[O-])c1. The van der Waals surface area contributed by atoms with Crippen LogP contribution < -0.4 is 19.3 Å². The van der Waals surface area contributed by atoms with Gasteiger partial charge in [-0.25, -0.2) is 0 Å². The van der Waals surface area contributed by atoms with E-state index in [1.807, 2.05) is 12.1 Å². The zero-order chi connectivity index (χ0) is 29.8. The first-order chi connectivity index (χ1) is 20.3. The molecule has 0 saturated carbocycles. The molecule has 0 bridgehead atoms. The fraction of sp³-hybridized carbons (Fsp3) is 0.0645. The maximum absolute atomic E-state index is 13.8. The van der Waals surface area contributed by atoms with Gasteiger partial charge < -0.3 is 9.47 Å². The van der Waals surface area contributed by atoms with Gasteiger partial charge in [0.2, 0.25) is 0 Å². The van der Waals surface area contributed by atoms with Crippen LogP contribution in [0.1, 0.15) is 11.1 Å². The number of carbonyl (C=O) groups excluding carboxylic acids is 2. The summed E-state index contributed by atoms with van der Waals surface area (Å²) in [5.41, 5.74) is 1.99. The third kappa shape index (κ3) is 5.78. The summed E-state index contributed by atoms with van der Waals surface area (Å²) in [5.74, 6) is -0.452. The number of carbonyl (C=O) groups is 2. The second-order valence-corrected chi connectivity index (χ2v) is 10.3. The molecule has 1 saturated heterocycles. The Labute approximate surface area is 254 Å². The van der Waals surface area contributed by atoms with Crippen LogP contribution in [0.25, 0.3) is 6.08 Å². The molecule has 4 aromatic rings. The second kappa shape index (κ2) is 12.3. The number of nitro benzene ring substituents is 1. The van der Waals surface area contributed by atoms with Crippen molar-refractivity contribution in [3.63, 3.8) is 0 Å². The number of ether oxygens (including phenoxy) is 2. The summed E-state index contributed by atoms with van der Waals surface area (Å²) in [6.45, 7) is 0.0452. The van der Waals surface area contributed by atoms with Gasteiger partial charge in [0.25, 0.3) is 17.5 Å². The van der Waals surface area contributed by atoms with Crippen LogP contribution in [0.5, 0.6) is 11.5 Å². The molecule has 0 aromatic heterocycles. The average Bonchev–Trinajstić information content (AvgIpc) is 2.99. The van der Waals surface area contributed by atoms with Gasteiger partial charge in [-0.2, -0.15) is 0 Å². The fourth-order valence-corrected chi connectivity index (χ4v) is 5.34. The lowest BCUT2D eigenvalue weighted by Gasteiger charge is -2.36. The lowest BCUT2D eigenvalue weighted by molar-refractivity contribution is -0.384. The number of nitrogens with zero attached hydrogens (tertiary/aromatic N) is 3. The third-order valence-corrected chi connectivity index (χ3v) is 7.30. The Hall–Kier alpha value is -4.87. The molecular formula is C31H22BrN3O6S. The van der Waals surface area contributed by atoms with Gasteiger partial charge in [-0.05, 0) is 81.7 Å². The highest BCUT2D eigenvalue weighted by Crippen LogP contribution is 2.38. The molecule has 42 heavy (non-hydrogen) atoms. The number of hydrogen-bond acceptors (Lipinski definition) is 7. The third-order valence-electron chi connectivity index (χ3n) is 6.35. The normalized spacial score (nSPS) is 13.3. The molecule has 2 amide bonds. The van der Waals surface area contributed by atoms with Crippen molar-refractivity contribution in [3.8, 4) is 11.5 Å². The van der Waals surface area contributed by atoms with E-state index in [1.54, 1.807) is 72.8 Å². The Morgan fingerprint density at radius 3 is 2.02 bits per heavy atom. The Kier molecular flexibility index (Phi) is 8.41. The smallest absolute Gasteiger partial charge is 0.270 e. The van der Waals surface area contributed by atoms with E-state index in [-0.39, 0.29) is 23.0 Å². The zero-order valence-corrected chi connectivity index (χ0v) is 24.5. The molecule has 4 aromatic carbocycles. The number of rotatable bonds is 8. The van der Waals surface area contributed by atoms with Crippen molar-refractivity contribution < 1.29 is 24.0 Å². The average molecular weight is 645 g/mol. The molecule has 5 rings (SSSR count). The molecule has 210 valence electrons. The predicted octanol–water partition coefficient (Wildman–Crippen LogP) is 6.69. The summed E-state index contributed by atoms with van der Waals surface area (Å²) in [6, 6.07) is 27.2. The van der Waals surface area contributed by atoms with Crippen molar-refractivity contribution in [1.82, 2.24) is 0 Å². The molecule has 0 atom stereocenters. The van der Waals surface area contributed by atoms with Crippen molar-refractivity contribution >= 4 is 68.2 Å². The van der Waals surface area contributed by atoms with E-state index in [0.29, 0.717) is 38.5 Å². The zero-order valence-electron chi connectivity index (χ0n) is 22.1. The number of para-hydroxylation sites is 2. The highest BCUT2D eigenvalue weighted by Gasteiger charge is 2.41. The van der Waals surface area contributed by atoms with E-state index in [1.165, 1.54) is 35.1 Å². The lowest BCUT2D eigenvalue weighted by Crippen LogP contribution is -2.56. The first-order valence-corrected chi connectivity index (χ1v) is 13.8. The minimum atomic E-state index is -0.565. The van der Waals surface area contributed by atoms with Crippen molar-refractivity contribution in [2.75, 3.05) is 16.9 Å². The van der Waals surface area contributed by atoms with E-state index in [0.717, 1.165) is 0 Å². The number of thiocarbonyl (C=S) groups is 1. The molecule has 1 heterocycles. The number of benzene rings is 4. The van der Waals surface area contributed by atoms with Crippen LogP contribution in [0.3, 0.4) is 0 Å². The second-order valence-electron chi connectivity index (χ2n) is 9.04. The first kappa shape index (κ1) is 28.7. The largest absolute Gasteiger partial charge is 0.493 e. The molecule has 0 N–H and O–H groups in total. The molecule has 1 aliphatic rings. The van der Waals surface area contributed by atoms with Gasteiger partial charge in [0.05, 0.1) is 27.9 Å². The van der Waals surface area contributed by atoms with Crippen molar-refractivity contribution in [3.05, 3.63) is 128 Å². The van der Waals surface area contributed by atoms with Gasteiger partial charge in [0.1, 0.15) is 12.2 Å². The van der Waals surface area contributed by atoms with Gasteiger partial charge >= 0.3 is 0 Å². The summed E-state index contributed by atoms with van der Waals surface area (Å²) in [4.78, 5) is 40.9.